The first-order valence-corrected chi connectivity index (χ1v) is 9.88. The van der Waals surface area contributed by atoms with Gasteiger partial charge in [0.15, 0.2) is 0 Å². The highest BCUT2D eigenvalue weighted by molar-refractivity contribution is 7.07. The molecule has 3 nitrogen and oxygen atoms in total. The summed E-state index contributed by atoms with van der Waals surface area (Å²) in [6, 6.07) is 19.3. The summed E-state index contributed by atoms with van der Waals surface area (Å²) in [5.74, 6) is 2.23. The predicted octanol–water partition coefficient (Wildman–Crippen LogP) is 5.56. The summed E-state index contributed by atoms with van der Waals surface area (Å²) in [6.07, 6.45) is 2.08. The third-order valence-corrected chi connectivity index (χ3v) is 5.58. The van der Waals surface area contributed by atoms with Crippen LogP contribution in [0, 0.1) is 0 Å². The number of hydrogen-bond donors (Lipinski definition) is 0. The maximum absolute atomic E-state index is 12.7. The molecule has 2 heterocycles. The molecule has 1 saturated heterocycles. The molecule has 1 aromatic heterocycles. The minimum Gasteiger partial charge on any atom is -0.457 e. The molecule has 0 saturated carbocycles. The van der Waals surface area contributed by atoms with Gasteiger partial charge in [0.1, 0.15) is 11.5 Å². The highest BCUT2D eigenvalue weighted by Gasteiger charge is 2.24. The second kappa shape index (κ2) is 7.75. The van der Waals surface area contributed by atoms with Crippen LogP contribution in [0.4, 0.5) is 0 Å². The van der Waals surface area contributed by atoms with Crippen LogP contribution in [-0.4, -0.2) is 23.9 Å². The number of carbonyl (C=O) groups is 1. The number of rotatable bonds is 4. The number of hydrogen-bond acceptors (Lipinski definition) is 3. The molecule has 0 N–H and O–H groups in total. The largest absolute Gasteiger partial charge is 0.457 e. The minimum atomic E-state index is 0.111. The molecule has 1 aliphatic heterocycles. The number of para-hydroxylation sites is 1. The zero-order chi connectivity index (χ0) is 17.8. The average Bonchev–Trinajstić information content (AvgIpc) is 3.24. The second-order valence-electron chi connectivity index (χ2n) is 6.56. The number of thiophene rings is 1. The molecule has 26 heavy (non-hydrogen) atoms. The van der Waals surface area contributed by atoms with Crippen molar-refractivity contribution in [2.24, 2.45) is 0 Å². The summed E-state index contributed by atoms with van der Waals surface area (Å²) >= 11 is 1.75. The summed E-state index contributed by atoms with van der Waals surface area (Å²) in [6.45, 7) is 1.64. The first-order valence-electron chi connectivity index (χ1n) is 8.94. The van der Waals surface area contributed by atoms with E-state index < -0.39 is 0 Å². The van der Waals surface area contributed by atoms with Crippen LogP contribution in [0.25, 0.3) is 0 Å². The third kappa shape index (κ3) is 3.81. The van der Waals surface area contributed by atoms with Gasteiger partial charge in [0.05, 0.1) is 0 Å². The van der Waals surface area contributed by atoms with E-state index in [1.165, 1.54) is 5.56 Å². The van der Waals surface area contributed by atoms with Crippen LogP contribution in [0.2, 0.25) is 0 Å². The van der Waals surface area contributed by atoms with Gasteiger partial charge in [-0.1, -0.05) is 18.2 Å². The number of piperidine rings is 1. The van der Waals surface area contributed by atoms with Crippen molar-refractivity contribution >= 4 is 17.2 Å². The van der Waals surface area contributed by atoms with Gasteiger partial charge in [-0.15, -0.1) is 0 Å². The highest BCUT2D eigenvalue weighted by Crippen LogP contribution is 2.30. The molecule has 4 rings (SSSR count). The quantitative estimate of drug-likeness (QED) is 0.607. The maximum Gasteiger partial charge on any atom is 0.253 e. The fraction of sp³-hybridized carbons (Fsp3) is 0.227. The molecule has 4 heteroatoms. The molecule has 132 valence electrons. The van der Waals surface area contributed by atoms with Crippen LogP contribution < -0.4 is 4.74 Å². The summed E-state index contributed by atoms with van der Waals surface area (Å²) in [5.41, 5.74) is 2.14. The van der Waals surface area contributed by atoms with E-state index >= 15 is 0 Å². The Morgan fingerprint density at radius 2 is 1.62 bits per heavy atom. The van der Waals surface area contributed by atoms with E-state index in [0.29, 0.717) is 5.92 Å². The fourth-order valence-electron chi connectivity index (χ4n) is 3.40. The topological polar surface area (TPSA) is 29.5 Å². The van der Waals surface area contributed by atoms with Crippen LogP contribution in [0.5, 0.6) is 11.5 Å². The number of carbonyl (C=O) groups excluding carboxylic acids is 1. The number of likely N-dealkylation sites (tertiary alicyclic amines) is 1. The average molecular weight is 363 g/mol. The Morgan fingerprint density at radius 3 is 2.27 bits per heavy atom. The molecule has 1 fully saturated rings. The van der Waals surface area contributed by atoms with Crippen LogP contribution in [0.3, 0.4) is 0 Å². The van der Waals surface area contributed by atoms with Crippen molar-refractivity contribution in [2.75, 3.05) is 13.1 Å². The van der Waals surface area contributed by atoms with Gasteiger partial charge in [0.2, 0.25) is 0 Å². The Morgan fingerprint density at radius 1 is 0.923 bits per heavy atom. The van der Waals surface area contributed by atoms with E-state index in [9.17, 15) is 4.79 Å². The first kappa shape index (κ1) is 16.9. The predicted molar refractivity (Wildman–Crippen MR) is 105 cm³/mol. The number of ether oxygens (including phenoxy) is 1. The van der Waals surface area contributed by atoms with Crippen LogP contribution in [0.1, 0.15) is 34.7 Å². The lowest BCUT2D eigenvalue weighted by molar-refractivity contribution is 0.0713. The Balaban J connectivity index is 1.36. The smallest absolute Gasteiger partial charge is 0.253 e. The lowest BCUT2D eigenvalue weighted by Gasteiger charge is -2.32. The van der Waals surface area contributed by atoms with Crippen LogP contribution in [-0.2, 0) is 0 Å². The van der Waals surface area contributed by atoms with Crippen LogP contribution in [0.15, 0.2) is 71.4 Å². The summed E-state index contributed by atoms with van der Waals surface area (Å²) in [7, 11) is 0. The van der Waals surface area contributed by atoms with Crippen molar-refractivity contribution in [3.8, 4) is 11.5 Å². The molecule has 0 radical (unpaired) electrons. The van der Waals surface area contributed by atoms with Gasteiger partial charge in [-0.25, -0.2) is 0 Å². The van der Waals surface area contributed by atoms with Gasteiger partial charge < -0.3 is 9.64 Å². The first-order chi connectivity index (χ1) is 12.8. The molecule has 0 unspecified atom stereocenters. The molecule has 0 atom stereocenters. The van der Waals surface area contributed by atoms with E-state index in [1.54, 1.807) is 11.3 Å². The summed E-state index contributed by atoms with van der Waals surface area (Å²) in [5, 5.41) is 4.36. The van der Waals surface area contributed by atoms with Crippen molar-refractivity contribution in [1.82, 2.24) is 4.90 Å². The van der Waals surface area contributed by atoms with E-state index in [2.05, 4.69) is 16.8 Å². The van der Waals surface area contributed by atoms with E-state index in [0.717, 1.165) is 43.0 Å². The minimum absolute atomic E-state index is 0.111. The van der Waals surface area contributed by atoms with Gasteiger partial charge in [-0.3, -0.25) is 4.79 Å². The number of nitrogens with zero attached hydrogens (tertiary/aromatic N) is 1. The number of benzene rings is 2. The van der Waals surface area contributed by atoms with Gasteiger partial charge >= 0.3 is 0 Å². The lowest BCUT2D eigenvalue weighted by Crippen LogP contribution is -2.37. The maximum atomic E-state index is 12.7. The Bertz CT molecular complexity index is 836. The Labute approximate surface area is 157 Å². The van der Waals surface area contributed by atoms with Gasteiger partial charge in [0.25, 0.3) is 5.91 Å². The van der Waals surface area contributed by atoms with Crippen molar-refractivity contribution in [3.63, 3.8) is 0 Å². The Kier molecular flexibility index (Phi) is 5.02. The van der Waals surface area contributed by atoms with E-state index in [1.807, 2.05) is 59.5 Å². The van der Waals surface area contributed by atoms with Crippen molar-refractivity contribution in [1.29, 1.82) is 0 Å². The molecular formula is C22H21NO2S. The zero-order valence-corrected chi connectivity index (χ0v) is 15.3. The Hall–Kier alpha value is -2.59. The molecule has 0 spiro atoms. The zero-order valence-electron chi connectivity index (χ0n) is 14.5. The second-order valence-corrected chi connectivity index (χ2v) is 7.34. The van der Waals surface area contributed by atoms with Crippen molar-refractivity contribution in [3.05, 3.63) is 82.6 Å². The molecular weight excluding hydrogens is 342 g/mol. The SMILES string of the molecule is O=C(c1ccc(Oc2ccccc2)cc1)N1CCC(c2ccsc2)CC1. The lowest BCUT2D eigenvalue weighted by atomic mass is 9.91. The molecule has 1 amide bonds. The van der Waals surface area contributed by atoms with E-state index in [4.69, 9.17) is 4.74 Å². The van der Waals surface area contributed by atoms with Crippen LogP contribution >= 0.6 is 11.3 Å². The molecule has 0 bridgehead atoms. The van der Waals surface area contributed by atoms with Gasteiger partial charge in [0, 0.05) is 18.7 Å². The van der Waals surface area contributed by atoms with Gasteiger partial charge in [-0.05, 0) is 77.5 Å². The molecule has 2 aromatic carbocycles. The normalized spacial score (nSPS) is 15.0. The molecule has 0 aliphatic carbocycles. The standard InChI is InChI=1S/C22H21NO2S/c24-22(23-13-10-17(11-14-23)19-12-15-26-16-19)18-6-8-21(9-7-18)25-20-4-2-1-3-5-20/h1-9,12,15-17H,10-11,13-14H2. The van der Waals surface area contributed by atoms with E-state index in [-0.39, 0.29) is 5.91 Å². The molecule has 1 aliphatic rings. The monoisotopic (exact) mass is 363 g/mol. The fourth-order valence-corrected chi connectivity index (χ4v) is 4.14. The van der Waals surface area contributed by atoms with Gasteiger partial charge in [-0.2, -0.15) is 11.3 Å². The number of amides is 1. The van der Waals surface area contributed by atoms with Crippen molar-refractivity contribution < 1.29 is 9.53 Å². The molecule has 3 aromatic rings. The summed E-state index contributed by atoms with van der Waals surface area (Å²) < 4.78 is 5.79. The van der Waals surface area contributed by atoms with Crippen molar-refractivity contribution in [2.45, 2.75) is 18.8 Å². The highest BCUT2D eigenvalue weighted by atomic mass is 32.1. The third-order valence-electron chi connectivity index (χ3n) is 4.88. The summed E-state index contributed by atoms with van der Waals surface area (Å²) in [4.78, 5) is 14.7.